The van der Waals surface area contributed by atoms with Crippen molar-refractivity contribution in [1.29, 1.82) is 0 Å². The van der Waals surface area contributed by atoms with Crippen LogP contribution in [0, 0.1) is 5.82 Å². The smallest absolute Gasteiger partial charge is 0.179 e. The first-order valence-corrected chi connectivity index (χ1v) is 4.99. The maximum absolute atomic E-state index is 12.4. The Balaban J connectivity index is 3.39. The van der Waals surface area contributed by atoms with Gasteiger partial charge in [-0.25, -0.2) is 12.8 Å². The van der Waals surface area contributed by atoms with E-state index >= 15 is 0 Å². The van der Waals surface area contributed by atoms with Gasteiger partial charge in [-0.15, -0.1) is 0 Å². The fourth-order valence-corrected chi connectivity index (χ4v) is 1.56. The lowest BCUT2D eigenvalue weighted by Gasteiger charge is -2.00. The first-order chi connectivity index (χ1) is 5.41. The predicted octanol–water partition coefficient (Wildman–Crippen LogP) is 0.935. The third kappa shape index (κ3) is 1.73. The largest absolute Gasteiger partial charge is 0.506 e. The molecule has 1 N–H and O–H groups in total. The van der Waals surface area contributed by atoms with E-state index in [-0.39, 0.29) is 4.90 Å². The minimum absolute atomic E-state index is 0.260. The number of rotatable bonds is 1. The zero-order valence-corrected chi connectivity index (χ0v) is 7.10. The van der Waals surface area contributed by atoms with Gasteiger partial charge < -0.3 is 5.11 Å². The lowest BCUT2D eigenvalue weighted by molar-refractivity contribution is 0.453. The second-order valence-electron chi connectivity index (χ2n) is 2.38. The normalized spacial score (nSPS) is 11.5. The zero-order valence-electron chi connectivity index (χ0n) is 6.28. The highest BCUT2D eigenvalue weighted by atomic mass is 32.2. The van der Waals surface area contributed by atoms with Crippen molar-refractivity contribution < 1.29 is 17.9 Å². The Hall–Kier alpha value is -1.10. The molecule has 0 amide bonds. The summed E-state index contributed by atoms with van der Waals surface area (Å²) in [6.45, 7) is 0. The van der Waals surface area contributed by atoms with E-state index < -0.39 is 21.4 Å². The van der Waals surface area contributed by atoms with Gasteiger partial charge in [0.2, 0.25) is 0 Å². The standard InChI is InChI=1S/C7H7FO3S/c1-12(10,11)7-3-2-5(8)4-6(7)9/h2-4,9H,1H3. The molecule has 0 unspecified atom stereocenters. The van der Waals surface area contributed by atoms with Crippen LogP contribution in [-0.2, 0) is 9.84 Å². The SMILES string of the molecule is CS(=O)(=O)c1ccc(F)cc1O. The van der Waals surface area contributed by atoms with Gasteiger partial charge in [-0.2, -0.15) is 0 Å². The molecule has 1 aromatic rings. The summed E-state index contributed by atoms with van der Waals surface area (Å²) in [5.74, 6) is -1.22. The van der Waals surface area contributed by atoms with Gasteiger partial charge in [-0.3, -0.25) is 0 Å². The van der Waals surface area contributed by atoms with E-state index in [1.165, 1.54) is 0 Å². The third-order valence-electron chi connectivity index (χ3n) is 1.32. The Morgan fingerprint density at radius 3 is 2.42 bits per heavy atom. The average Bonchev–Trinajstić information content (AvgIpc) is 1.83. The number of sulfone groups is 1. The molecule has 0 saturated heterocycles. The Bertz CT molecular complexity index is 397. The predicted molar refractivity (Wildman–Crippen MR) is 41.2 cm³/mol. The summed E-state index contributed by atoms with van der Waals surface area (Å²) < 4.78 is 34.1. The lowest BCUT2D eigenvalue weighted by Crippen LogP contribution is -1.97. The zero-order chi connectivity index (χ0) is 9.35. The second kappa shape index (κ2) is 2.75. The summed E-state index contributed by atoms with van der Waals surface area (Å²) in [4.78, 5) is -0.260. The third-order valence-corrected chi connectivity index (χ3v) is 2.46. The van der Waals surface area contributed by atoms with Gasteiger partial charge in [-0.05, 0) is 12.1 Å². The second-order valence-corrected chi connectivity index (χ2v) is 4.37. The van der Waals surface area contributed by atoms with Crippen LogP contribution in [0.4, 0.5) is 4.39 Å². The first kappa shape index (κ1) is 8.99. The molecule has 12 heavy (non-hydrogen) atoms. The molecule has 0 aromatic heterocycles. The van der Waals surface area contributed by atoms with Crippen LogP contribution in [0.1, 0.15) is 0 Å². The summed E-state index contributed by atoms with van der Waals surface area (Å²) in [5, 5.41) is 9.01. The van der Waals surface area contributed by atoms with Crippen molar-refractivity contribution in [2.75, 3.05) is 6.26 Å². The molecule has 1 aromatic carbocycles. The Kier molecular flexibility index (Phi) is 2.06. The molecule has 0 heterocycles. The van der Waals surface area contributed by atoms with Gasteiger partial charge in [0.15, 0.2) is 9.84 Å². The molecule has 0 saturated carbocycles. The Morgan fingerprint density at radius 2 is 2.00 bits per heavy atom. The monoisotopic (exact) mass is 190 g/mol. The Labute approximate surface area is 69.4 Å². The fourth-order valence-electron chi connectivity index (χ4n) is 0.804. The molecule has 0 aliphatic heterocycles. The van der Waals surface area contributed by atoms with E-state index in [4.69, 9.17) is 5.11 Å². The van der Waals surface area contributed by atoms with Gasteiger partial charge >= 0.3 is 0 Å². The molecule has 0 aliphatic rings. The van der Waals surface area contributed by atoms with Crippen molar-refractivity contribution in [3.8, 4) is 5.75 Å². The number of phenols is 1. The van der Waals surface area contributed by atoms with E-state index in [0.717, 1.165) is 24.5 Å². The van der Waals surface area contributed by atoms with Gasteiger partial charge in [0.1, 0.15) is 16.5 Å². The van der Waals surface area contributed by atoms with E-state index in [0.29, 0.717) is 0 Å². The summed E-state index contributed by atoms with van der Waals surface area (Å²) in [6, 6.07) is 2.77. The molecule has 1 rings (SSSR count). The maximum Gasteiger partial charge on any atom is 0.179 e. The van der Waals surface area contributed by atoms with Crippen molar-refractivity contribution in [2.24, 2.45) is 0 Å². The number of halogens is 1. The van der Waals surface area contributed by atoms with Crippen molar-refractivity contribution in [3.05, 3.63) is 24.0 Å². The summed E-state index contributed by atoms with van der Waals surface area (Å²) >= 11 is 0. The van der Waals surface area contributed by atoms with Crippen LogP contribution in [0.2, 0.25) is 0 Å². The van der Waals surface area contributed by atoms with Crippen molar-refractivity contribution >= 4 is 9.84 Å². The molecule has 0 bridgehead atoms. The van der Waals surface area contributed by atoms with Gasteiger partial charge in [0, 0.05) is 12.3 Å². The van der Waals surface area contributed by atoms with E-state index in [9.17, 15) is 12.8 Å². The molecule has 5 heteroatoms. The average molecular weight is 190 g/mol. The lowest BCUT2D eigenvalue weighted by atomic mass is 10.3. The van der Waals surface area contributed by atoms with Gasteiger partial charge in [0.25, 0.3) is 0 Å². The molecule has 0 spiro atoms. The van der Waals surface area contributed by atoms with E-state index in [1.807, 2.05) is 0 Å². The van der Waals surface area contributed by atoms with Crippen LogP contribution in [0.25, 0.3) is 0 Å². The molecule has 66 valence electrons. The highest BCUT2D eigenvalue weighted by molar-refractivity contribution is 7.90. The number of aromatic hydroxyl groups is 1. The summed E-state index contributed by atoms with van der Waals surface area (Å²) in [6.07, 6.45) is 0.944. The van der Waals surface area contributed by atoms with Crippen LogP contribution < -0.4 is 0 Å². The minimum atomic E-state index is -3.47. The van der Waals surface area contributed by atoms with Gasteiger partial charge in [0.05, 0.1) is 0 Å². The highest BCUT2D eigenvalue weighted by Gasteiger charge is 2.12. The summed E-state index contributed by atoms with van der Waals surface area (Å²) in [5.41, 5.74) is 0. The van der Waals surface area contributed by atoms with Crippen LogP contribution in [-0.4, -0.2) is 19.8 Å². The summed E-state index contributed by atoms with van der Waals surface area (Å²) in [7, 11) is -3.47. The van der Waals surface area contributed by atoms with E-state index in [2.05, 4.69) is 0 Å². The number of phenolic OH excluding ortho intramolecular Hbond substituents is 1. The number of hydrogen-bond donors (Lipinski definition) is 1. The van der Waals surface area contributed by atoms with Crippen molar-refractivity contribution in [3.63, 3.8) is 0 Å². The molecule has 0 radical (unpaired) electrons. The topological polar surface area (TPSA) is 54.4 Å². The van der Waals surface area contributed by atoms with Crippen molar-refractivity contribution in [1.82, 2.24) is 0 Å². The van der Waals surface area contributed by atoms with Crippen LogP contribution >= 0.6 is 0 Å². The van der Waals surface area contributed by atoms with Crippen LogP contribution in [0.3, 0.4) is 0 Å². The molecule has 0 aliphatic carbocycles. The maximum atomic E-state index is 12.4. The fraction of sp³-hybridized carbons (Fsp3) is 0.143. The molecule has 3 nitrogen and oxygen atoms in total. The van der Waals surface area contributed by atoms with Crippen LogP contribution in [0.15, 0.2) is 23.1 Å². The molecular weight excluding hydrogens is 183 g/mol. The molecule has 0 fully saturated rings. The van der Waals surface area contributed by atoms with Gasteiger partial charge in [-0.1, -0.05) is 0 Å². The van der Waals surface area contributed by atoms with Crippen LogP contribution in [0.5, 0.6) is 5.75 Å². The Morgan fingerprint density at radius 1 is 1.42 bits per heavy atom. The number of benzene rings is 1. The highest BCUT2D eigenvalue weighted by Crippen LogP contribution is 2.22. The van der Waals surface area contributed by atoms with Crippen molar-refractivity contribution in [2.45, 2.75) is 4.90 Å². The van der Waals surface area contributed by atoms with E-state index in [1.54, 1.807) is 0 Å². The first-order valence-electron chi connectivity index (χ1n) is 3.10. The number of hydrogen-bond acceptors (Lipinski definition) is 3. The quantitative estimate of drug-likeness (QED) is 0.670. The molecular formula is C7H7FO3S. The molecule has 0 atom stereocenters. The minimum Gasteiger partial charge on any atom is -0.506 e.